The van der Waals surface area contributed by atoms with Gasteiger partial charge in [-0.25, -0.2) is 0 Å². The summed E-state index contributed by atoms with van der Waals surface area (Å²) in [4.78, 5) is 0. The molecule has 0 saturated carbocycles. The zero-order valence-electron chi connectivity index (χ0n) is 8.07. The lowest BCUT2D eigenvalue weighted by Crippen LogP contribution is -2.21. The lowest BCUT2D eigenvalue weighted by molar-refractivity contribution is 0.315. The first-order valence-corrected chi connectivity index (χ1v) is 4.69. The number of para-hydroxylation sites is 1. The molecule has 74 valence electrons. The van der Waals surface area contributed by atoms with Crippen molar-refractivity contribution in [3.8, 4) is 11.8 Å². The summed E-state index contributed by atoms with van der Waals surface area (Å²) < 4.78 is 5.44. The Kier molecular flexibility index (Phi) is 5.22. The predicted octanol–water partition coefficient (Wildman–Crippen LogP) is 1.57. The molecule has 0 atom stereocenters. The van der Waals surface area contributed by atoms with Gasteiger partial charge in [0.25, 0.3) is 0 Å². The maximum Gasteiger partial charge on any atom is 0.119 e. The van der Waals surface area contributed by atoms with E-state index in [1.807, 2.05) is 30.3 Å². The predicted molar refractivity (Wildman–Crippen MR) is 55.0 cm³/mol. The number of hydrogen-bond donors (Lipinski definition) is 1. The third kappa shape index (κ3) is 4.48. The van der Waals surface area contributed by atoms with Crippen LogP contribution in [-0.2, 0) is 0 Å². The summed E-state index contributed by atoms with van der Waals surface area (Å²) in [5.74, 6) is 0.884. The molecule has 3 nitrogen and oxygen atoms in total. The molecule has 0 amide bonds. The van der Waals surface area contributed by atoms with Gasteiger partial charge >= 0.3 is 0 Å². The van der Waals surface area contributed by atoms with Gasteiger partial charge in [0, 0.05) is 19.5 Å². The summed E-state index contributed by atoms with van der Waals surface area (Å²) in [7, 11) is 0. The van der Waals surface area contributed by atoms with Crippen molar-refractivity contribution >= 4 is 0 Å². The zero-order valence-corrected chi connectivity index (χ0v) is 8.07. The second-order valence-corrected chi connectivity index (χ2v) is 2.82. The molecule has 0 bridgehead atoms. The van der Waals surface area contributed by atoms with E-state index in [0.717, 1.165) is 18.8 Å². The molecule has 1 N–H and O–H groups in total. The average Bonchev–Trinajstić information content (AvgIpc) is 2.25. The highest BCUT2D eigenvalue weighted by atomic mass is 16.5. The van der Waals surface area contributed by atoms with Gasteiger partial charge in [0.1, 0.15) is 12.4 Å². The van der Waals surface area contributed by atoms with E-state index in [1.165, 1.54) is 0 Å². The number of benzene rings is 1. The molecule has 0 unspecified atom stereocenters. The minimum absolute atomic E-state index is 0.547. The van der Waals surface area contributed by atoms with Crippen LogP contribution in [-0.4, -0.2) is 19.7 Å². The average molecular weight is 190 g/mol. The fourth-order valence-electron chi connectivity index (χ4n) is 1.03. The van der Waals surface area contributed by atoms with Crippen LogP contribution >= 0.6 is 0 Å². The summed E-state index contributed by atoms with van der Waals surface area (Å²) in [6, 6.07) is 11.8. The van der Waals surface area contributed by atoms with Crippen molar-refractivity contribution in [3.63, 3.8) is 0 Å². The SMILES string of the molecule is N#CCCNCCOc1ccccc1. The second kappa shape index (κ2) is 6.93. The molecule has 0 fully saturated rings. The maximum absolute atomic E-state index is 8.28. The first kappa shape index (κ1) is 10.6. The van der Waals surface area contributed by atoms with Crippen molar-refractivity contribution in [2.75, 3.05) is 19.7 Å². The van der Waals surface area contributed by atoms with Crippen LogP contribution in [0.25, 0.3) is 0 Å². The first-order chi connectivity index (χ1) is 6.93. The Bertz CT molecular complexity index is 279. The van der Waals surface area contributed by atoms with Gasteiger partial charge in [0.15, 0.2) is 0 Å². The van der Waals surface area contributed by atoms with E-state index >= 15 is 0 Å². The molecular formula is C11H14N2O. The smallest absolute Gasteiger partial charge is 0.119 e. The molecular weight excluding hydrogens is 176 g/mol. The summed E-state index contributed by atoms with van der Waals surface area (Å²) in [5, 5.41) is 11.4. The summed E-state index contributed by atoms with van der Waals surface area (Å²) in [6.45, 7) is 2.14. The second-order valence-electron chi connectivity index (χ2n) is 2.82. The number of nitrogens with one attached hydrogen (secondary N) is 1. The summed E-state index contributed by atoms with van der Waals surface area (Å²) >= 11 is 0. The van der Waals surface area contributed by atoms with Gasteiger partial charge in [-0.15, -0.1) is 0 Å². The molecule has 0 aliphatic rings. The third-order valence-corrected chi connectivity index (χ3v) is 1.70. The van der Waals surface area contributed by atoms with Crippen LogP contribution in [0.4, 0.5) is 0 Å². The number of ether oxygens (including phenoxy) is 1. The maximum atomic E-state index is 8.28. The van der Waals surface area contributed by atoms with E-state index in [9.17, 15) is 0 Å². The van der Waals surface area contributed by atoms with Crippen molar-refractivity contribution < 1.29 is 4.74 Å². The minimum atomic E-state index is 0.547. The number of nitrogens with zero attached hydrogens (tertiary/aromatic N) is 1. The van der Waals surface area contributed by atoms with Crippen molar-refractivity contribution in [2.45, 2.75) is 6.42 Å². The van der Waals surface area contributed by atoms with Crippen LogP contribution in [0.3, 0.4) is 0 Å². The highest BCUT2D eigenvalue weighted by molar-refractivity contribution is 5.20. The van der Waals surface area contributed by atoms with Crippen molar-refractivity contribution in [1.29, 1.82) is 5.26 Å². The number of rotatable bonds is 6. The van der Waals surface area contributed by atoms with Gasteiger partial charge in [-0.05, 0) is 12.1 Å². The quantitative estimate of drug-likeness (QED) is 0.692. The lowest BCUT2D eigenvalue weighted by Gasteiger charge is -2.05. The van der Waals surface area contributed by atoms with E-state index in [1.54, 1.807) is 0 Å². The number of hydrogen-bond acceptors (Lipinski definition) is 3. The Hall–Kier alpha value is -1.53. The molecule has 0 saturated heterocycles. The van der Waals surface area contributed by atoms with E-state index < -0.39 is 0 Å². The Balaban J connectivity index is 2.03. The van der Waals surface area contributed by atoms with Crippen LogP contribution in [0.5, 0.6) is 5.75 Å². The van der Waals surface area contributed by atoms with Crippen LogP contribution in [0.1, 0.15) is 6.42 Å². The Morgan fingerprint density at radius 3 is 2.71 bits per heavy atom. The fourth-order valence-corrected chi connectivity index (χ4v) is 1.03. The highest BCUT2D eigenvalue weighted by Crippen LogP contribution is 2.07. The topological polar surface area (TPSA) is 45.0 Å². The summed E-state index contributed by atoms with van der Waals surface area (Å²) in [6.07, 6.45) is 0.547. The van der Waals surface area contributed by atoms with Gasteiger partial charge in [-0.1, -0.05) is 18.2 Å². The van der Waals surface area contributed by atoms with Crippen molar-refractivity contribution in [2.24, 2.45) is 0 Å². The lowest BCUT2D eigenvalue weighted by atomic mass is 10.3. The standard InChI is InChI=1S/C11H14N2O/c12-7-4-8-13-9-10-14-11-5-2-1-3-6-11/h1-3,5-6,13H,4,8-10H2. The van der Waals surface area contributed by atoms with Crippen LogP contribution in [0.2, 0.25) is 0 Å². The largest absolute Gasteiger partial charge is 0.492 e. The van der Waals surface area contributed by atoms with E-state index in [-0.39, 0.29) is 0 Å². The number of nitriles is 1. The van der Waals surface area contributed by atoms with Crippen LogP contribution < -0.4 is 10.1 Å². The van der Waals surface area contributed by atoms with Gasteiger partial charge in [0.05, 0.1) is 6.07 Å². The van der Waals surface area contributed by atoms with E-state index in [4.69, 9.17) is 10.00 Å². The van der Waals surface area contributed by atoms with E-state index in [0.29, 0.717) is 13.0 Å². The monoisotopic (exact) mass is 190 g/mol. The molecule has 0 aliphatic heterocycles. The molecule has 1 aromatic carbocycles. The molecule has 0 aliphatic carbocycles. The van der Waals surface area contributed by atoms with Crippen LogP contribution in [0.15, 0.2) is 30.3 Å². The molecule has 0 heterocycles. The molecule has 1 rings (SSSR count). The van der Waals surface area contributed by atoms with Gasteiger partial charge in [0.2, 0.25) is 0 Å². The minimum Gasteiger partial charge on any atom is -0.492 e. The van der Waals surface area contributed by atoms with Crippen molar-refractivity contribution in [3.05, 3.63) is 30.3 Å². The molecule has 0 aromatic heterocycles. The van der Waals surface area contributed by atoms with Gasteiger partial charge < -0.3 is 10.1 Å². The Morgan fingerprint density at radius 1 is 1.21 bits per heavy atom. The molecule has 0 spiro atoms. The normalized spacial score (nSPS) is 9.36. The Morgan fingerprint density at radius 2 is 2.00 bits per heavy atom. The molecule has 3 heteroatoms. The van der Waals surface area contributed by atoms with Gasteiger partial charge in [-0.2, -0.15) is 5.26 Å². The van der Waals surface area contributed by atoms with Crippen LogP contribution in [0, 0.1) is 11.3 Å². The van der Waals surface area contributed by atoms with Gasteiger partial charge in [-0.3, -0.25) is 0 Å². The molecule has 0 radical (unpaired) electrons. The zero-order chi connectivity index (χ0) is 10.1. The third-order valence-electron chi connectivity index (χ3n) is 1.70. The molecule has 14 heavy (non-hydrogen) atoms. The Labute approximate surface area is 84.3 Å². The highest BCUT2D eigenvalue weighted by Gasteiger charge is 1.90. The molecule has 1 aromatic rings. The van der Waals surface area contributed by atoms with Crippen molar-refractivity contribution in [1.82, 2.24) is 5.32 Å². The fraction of sp³-hybridized carbons (Fsp3) is 0.364. The summed E-state index contributed by atoms with van der Waals surface area (Å²) in [5.41, 5.74) is 0. The first-order valence-electron chi connectivity index (χ1n) is 4.69. The van der Waals surface area contributed by atoms with E-state index in [2.05, 4.69) is 11.4 Å².